The number of aromatic nitrogens is 4. The van der Waals surface area contributed by atoms with E-state index in [9.17, 15) is 14.4 Å². The van der Waals surface area contributed by atoms with Crippen molar-refractivity contribution in [1.82, 2.24) is 24.4 Å². The van der Waals surface area contributed by atoms with Gasteiger partial charge in [0.2, 0.25) is 5.91 Å². The van der Waals surface area contributed by atoms with Crippen LogP contribution < -0.4 is 16.2 Å². The van der Waals surface area contributed by atoms with Crippen molar-refractivity contribution in [2.45, 2.75) is 52.6 Å². The van der Waals surface area contributed by atoms with Gasteiger partial charge < -0.3 is 25.5 Å². The highest BCUT2D eigenvalue weighted by Gasteiger charge is 2.16. The summed E-state index contributed by atoms with van der Waals surface area (Å²) in [6.07, 6.45) is 2.23. The number of amides is 1. The van der Waals surface area contributed by atoms with Crippen molar-refractivity contribution < 1.29 is 19.4 Å². The van der Waals surface area contributed by atoms with Crippen molar-refractivity contribution in [2.75, 3.05) is 18.9 Å². The maximum absolute atomic E-state index is 12.5. The number of H-pyrrole nitrogens is 1. The van der Waals surface area contributed by atoms with Crippen LogP contribution >= 0.6 is 0 Å². The fourth-order valence-corrected chi connectivity index (χ4v) is 3.61. The number of aromatic amines is 1. The third-order valence-electron chi connectivity index (χ3n) is 5.33. The van der Waals surface area contributed by atoms with Crippen LogP contribution in [0.5, 0.6) is 6.01 Å². The highest BCUT2D eigenvalue weighted by atomic mass is 16.5. The zero-order valence-electron chi connectivity index (χ0n) is 19.4. The van der Waals surface area contributed by atoms with Crippen LogP contribution in [0.25, 0.3) is 11.2 Å². The molecule has 0 fully saturated rings. The molecule has 2 aromatic heterocycles. The van der Waals surface area contributed by atoms with Gasteiger partial charge in [0.15, 0.2) is 11.5 Å². The minimum atomic E-state index is -0.909. The van der Waals surface area contributed by atoms with Crippen LogP contribution in [0.1, 0.15) is 44.2 Å². The van der Waals surface area contributed by atoms with E-state index >= 15 is 0 Å². The number of nitrogens with two attached hydrogens (primary N) is 1. The number of aryl methyl sites for hydroxylation is 1. The quantitative estimate of drug-likeness (QED) is 0.339. The number of carbonyl (C=O) groups excluding carboxylic acids is 1. The number of imidazole rings is 1. The normalized spacial score (nSPS) is 11.0. The van der Waals surface area contributed by atoms with E-state index in [1.807, 2.05) is 13.0 Å². The summed E-state index contributed by atoms with van der Waals surface area (Å²) in [7, 11) is 0. The lowest BCUT2D eigenvalue weighted by Crippen LogP contribution is -2.30. The van der Waals surface area contributed by atoms with Crippen molar-refractivity contribution in [2.24, 2.45) is 0 Å². The monoisotopic (exact) mass is 470 g/mol. The highest BCUT2D eigenvalue weighted by Crippen LogP contribution is 2.18. The van der Waals surface area contributed by atoms with E-state index in [1.165, 1.54) is 11.5 Å². The van der Waals surface area contributed by atoms with Crippen LogP contribution in [0, 0.1) is 0 Å². The van der Waals surface area contributed by atoms with Crippen LogP contribution in [-0.2, 0) is 29.1 Å². The number of hydrogen-bond acceptors (Lipinski definition) is 7. The third kappa shape index (κ3) is 6.33. The maximum Gasteiger partial charge on any atom is 0.327 e. The highest BCUT2D eigenvalue weighted by molar-refractivity contribution is 5.81. The average Bonchev–Trinajstić information content (AvgIpc) is 3.09. The zero-order chi connectivity index (χ0) is 24.7. The summed E-state index contributed by atoms with van der Waals surface area (Å²) in [6.45, 7) is 5.04. The molecule has 0 spiro atoms. The molecule has 0 saturated carbocycles. The number of benzene rings is 1. The second-order valence-electron chi connectivity index (χ2n) is 8.06. The predicted octanol–water partition coefficient (Wildman–Crippen LogP) is 1.95. The van der Waals surface area contributed by atoms with Gasteiger partial charge in [-0.1, -0.05) is 37.6 Å². The summed E-state index contributed by atoms with van der Waals surface area (Å²) in [5.74, 6) is -0.889. The fourth-order valence-electron chi connectivity index (χ4n) is 3.61. The van der Waals surface area contributed by atoms with E-state index in [0.29, 0.717) is 49.4 Å². The molecule has 0 aliphatic rings. The molecule has 11 nitrogen and oxygen atoms in total. The Bertz CT molecular complexity index is 1220. The van der Waals surface area contributed by atoms with Crippen LogP contribution in [0.3, 0.4) is 0 Å². The molecule has 3 rings (SSSR count). The Morgan fingerprint density at radius 2 is 2.00 bits per heavy atom. The molecule has 2 heterocycles. The largest absolute Gasteiger partial charge is 0.481 e. The maximum atomic E-state index is 12.5. The van der Waals surface area contributed by atoms with Gasteiger partial charge in [-0.15, -0.1) is 0 Å². The topological polar surface area (TPSA) is 156 Å². The number of carboxylic acids is 1. The Balaban J connectivity index is 1.70. The van der Waals surface area contributed by atoms with E-state index in [1.54, 1.807) is 23.1 Å². The van der Waals surface area contributed by atoms with Gasteiger partial charge in [-0.05, 0) is 24.0 Å². The summed E-state index contributed by atoms with van der Waals surface area (Å²) >= 11 is 0. The first kappa shape index (κ1) is 24.7. The fraction of sp³-hybridized carbons (Fsp3) is 0.435. The molecule has 3 aromatic rings. The number of nitrogens with one attached hydrogen (secondary N) is 1. The van der Waals surface area contributed by atoms with Crippen molar-refractivity contribution in [3.05, 3.63) is 45.9 Å². The minimum absolute atomic E-state index is 0.0769. The Morgan fingerprint density at radius 1 is 1.24 bits per heavy atom. The van der Waals surface area contributed by atoms with Gasteiger partial charge in [-0.25, -0.2) is 4.79 Å². The average molecular weight is 471 g/mol. The Kier molecular flexibility index (Phi) is 8.23. The van der Waals surface area contributed by atoms with Crippen LogP contribution in [-0.4, -0.2) is 54.6 Å². The number of fused-ring (bicyclic) bond motifs is 1. The second-order valence-corrected chi connectivity index (χ2v) is 8.06. The number of aliphatic carboxylic acids is 1. The van der Waals surface area contributed by atoms with Crippen molar-refractivity contribution in [3.63, 3.8) is 0 Å². The van der Waals surface area contributed by atoms with Gasteiger partial charge >= 0.3 is 17.7 Å². The number of carboxylic acid groups (broad SMARTS) is 1. The summed E-state index contributed by atoms with van der Waals surface area (Å²) in [5, 5.41) is 9.00. The lowest BCUT2D eigenvalue weighted by atomic mass is 10.1. The van der Waals surface area contributed by atoms with Crippen LogP contribution in [0.4, 0.5) is 5.82 Å². The molecule has 1 amide bonds. The second kappa shape index (κ2) is 11.3. The van der Waals surface area contributed by atoms with Gasteiger partial charge in [0.05, 0.1) is 13.0 Å². The summed E-state index contributed by atoms with van der Waals surface area (Å²) in [4.78, 5) is 48.5. The molecule has 11 heteroatoms. The molecule has 0 saturated heterocycles. The predicted molar refractivity (Wildman–Crippen MR) is 126 cm³/mol. The van der Waals surface area contributed by atoms with Crippen LogP contribution in [0.15, 0.2) is 29.1 Å². The van der Waals surface area contributed by atoms with E-state index in [0.717, 1.165) is 18.4 Å². The van der Waals surface area contributed by atoms with E-state index in [2.05, 4.69) is 15.0 Å². The zero-order valence-corrected chi connectivity index (χ0v) is 19.4. The molecule has 0 aliphatic heterocycles. The number of ether oxygens (including phenoxy) is 1. The standard InChI is InChI=1S/C23H30N6O5/c1-3-4-11-34-22-26-20(24)19-21(27-22)29(23(33)25-19)10-6-9-28(15(2)30)14-17-8-5-7-16(12-17)13-18(31)32/h5,7-8,12H,3-4,6,9-11,13-14H2,1-2H3,(H,25,33)(H,31,32)(H2,24,26,27). The van der Waals surface area contributed by atoms with Gasteiger partial charge in [0.1, 0.15) is 5.52 Å². The SMILES string of the molecule is CCCCOc1nc(N)c2[nH]c(=O)n(CCCN(Cc3cccc(CC(=O)O)c3)C(C)=O)c2n1. The van der Waals surface area contributed by atoms with Crippen LogP contribution in [0.2, 0.25) is 0 Å². The summed E-state index contributed by atoms with van der Waals surface area (Å²) in [5.41, 5.74) is 7.85. The number of carbonyl (C=O) groups is 2. The van der Waals surface area contributed by atoms with Crippen molar-refractivity contribution in [1.29, 1.82) is 0 Å². The summed E-state index contributed by atoms with van der Waals surface area (Å²) < 4.78 is 7.02. The summed E-state index contributed by atoms with van der Waals surface area (Å²) in [6, 6.07) is 7.28. The Hall–Kier alpha value is -3.89. The molecule has 0 radical (unpaired) electrons. The number of hydrogen-bond donors (Lipinski definition) is 3. The molecule has 4 N–H and O–H groups in total. The molecule has 0 aliphatic carbocycles. The van der Waals surface area contributed by atoms with E-state index in [4.69, 9.17) is 15.6 Å². The molecule has 0 unspecified atom stereocenters. The first-order valence-corrected chi connectivity index (χ1v) is 11.2. The minimum Gasteiger partial charge on any atom is -0.481 e. The smallest absolute Gasteiger partial charge is 0.327 e. The van der Waals surface area contributed by atoms with E-state index in [-0.39, 0.29) is 29.8 Å². The van der Waals surface area contributed by atoms with Gasteiger partial charge in [-0.3, -0.25) is 14.2 Å². The number of anilines is 1. The molecule has 34 heavy (non-hydrogen) atoms. The molecule has 1 aromatic carbocycles. The molecule has 0 bridgehead atoms. The van der Waals surface area contributed by atoms with Gasteiger partial charge in [0.25, 0.3) is 0 Å². The first-order chi connectivity index (χ1) is 16.3. The third-order valence-corrected chi connectivity index (χ3v) is 5.33. The molecule has 0 atom stereocenters. The van der Waals surface area contributed by atoms with Crippen molar-refractivity contribution >= 4 is 28.9 Å². The van der Waals surface area contributed by atoms with Gasteiger partial charge in [0, 0.05) is 26.6 Å². The van der Waals surface area contributed by atoms with E-state index < -0.39 is 5.97 Å². The lowest BCUT2D eigenvalue weighted by molar-refractivity contribution is -0.136. The first-order valence-electron chi connectivity index (χ1n) is 11.2. The van der Waals surface area contributed by atoms with Crippen molar-refractivity contribution in [3.8, 4) is 6.01 Å². The molecular weight excluding hydrogens is 440 g/mol. The lowest BCUT2D eigenvalue weighted by Gasteiger charge is -2.21. The molecular formula is C23H30N6O5. The number of rotatable bonds is 12. The Labute approximate surface area is 196 Å². The molecule has 182 valence electrons. The Morgan fingerprint density at radius 3 is 2.71 bits per heavy atom. The number of nitrogens with zero attached hydrogens (tertiary/aromatic N) is 4. The van der Waals surface area contributed by atoms with Gasteiger partial charge in [-0.2, -0.15) is 9.97 Å². The number of unbranched alkanes of at least 4 members (excludes halogenated alkanes) is 1. The number of nitrogen functional groups attached to an aromatic ring is 1.